The summed E-state index contributed by atoms with van der Waals surface area (Å²) in [5.41, 5.74) is 6.95. The van der Waals surface area contributed by atoms with Crippen LogP contribution in [0.15, 0.2) is 22.8 Å². The highest BCUT2D eigenvalue weighted by atomic mass is 16.4. The van der Waals surface area contributed by atoms with Crippen molar-refractivity contribution in [1.29, 1.82) is 0 Å². The molecule has 0 amide bonds. The van der Waals surface area contributed by atoms with Crippen molar-refractivity contribution in [3.05, 3.63) is 29.9 Å². The van der Waals surface area contributed by atoms with Crippen LogP contribution in [0.5, 0.6) is 0 Å². The first-order valence-electron chi connectivity index (χ1n) is 5.15. The molecule has 6 nitrogen and oxygen atoms in total. The Labute approximate surface area is 97.5 Å². The van der Waals surface area contributed by atoms with Crippen LogP contribution in [0.2, 0.25) is 0 Å². The Kier molecular flexibility index (Phi) is 2.97. The van der Waals surface area contributed by atoms with Gasteiger partial charge in [-0.3, -0.25) is 4.79 Å². The van der Waals surface area contributed by atoms with Crippen molar-refractivity contribution in [2.45, 2.75) is 19.4 Å². The van der Waals surface area contributed by atoms with Crippen LogP contribution in [-0.4, -0.2) is 27.1 Å². The zero-order valence-corrected chi connectivity index (χ0v) is 9.30. The molecule has 1 unspecified atom stereocenters. The third kappa shape index (κ3) is 2.36. The lowest BCUT2D eigenvalue weighted by atomic mass is 10.2. The van der Waals surface area contributed by atoms with E-state index in [0.29, 0.717) is 17.3 Å². The predicted molar refractivity (Wildman–Crippen MR) is 60.3 cm³/mol. The maximum Gasteiger partial charge on any atom is 0.320 e. The summed E-state index contributed by atoms with van der Waals surface area (Å²) < 4.78 is 5.24. The fourth-order valence-electron chi connectivity index (χ4n) is 1.57. The SMILES string of the molecule is Cc1[nH]c(CC(N)C(=O)O)nc1-c1ccco1. The molecule has 0 spiro atoms. The molecule has 0 saturated carbocycles. The molecule has 2 rings (SSSR count). The van der Waals surface area contributed by atoms with E-state index in [1.54, 1.807) is 18.4 Å². The van der Waals surface area contributed by atoms with Gasteiger partial charge in [0.05, 0.1) is 6.26 Å². The van der Waals surface area contributed by atoms with Crippen LogP contribution in [0.25, 0.3) is 11.5 Å². The quantitative estimate of drug-likeness (QED) is 0.731. The lowest BCUT2D eigenvalue weighted by Crippen LogP contribution is -2.32. The number of aromatic amines is 1. The number of aromatic nitrogens is 2. The lowest BCUT2D eigenvalue weighted by molar-refractivity contribution is -0.138. The molecule has 0 saturated heterocycles. The minimum atomic E-state index is -1.04. The third-order valence-electron chi connectivity index (χ3n) is 2.42. The van der Waals surface area contributed by atoms with Gasteiger partial charge in [-0.2, -0.15) is 0 Å². The zero-order chi connectivity index (χ0) is 12.4. The second-order valence-electron chi connectivity index (χ2n) is 3.78. The molecule has 0 aliphatic heterocycles. The first kappa shape index (κ1) is 11.4. The summed E-state index contributed by atoms with van der Waals surface area (Å²) in [4.78, 5) is 17.9. The van der Waals surface area contributed by atoms with Gasteiger partial charge in [0.15, 0.2) is 5.76 Å². The van der Waals surface area contributed by atoms with Gasteiger partial charge in [0.1, 0.15) is 17.6 Å². The molecule has 0 aliphatic rings. The van der Waals surface area contributed by atoms with Crippen molar-refractivity contribution in [3.8, 4) is 11.5 Å². The summed E-state index contributed by atoms with van der Waals surface area (Å²) in [6, 6.07) is 2.61. The van der Waals surface area contributed by atoms with Crippen LogP contribution >= 0.6 is 0 Å². The van der Waals surface area contributed by atoms with Gasteiger partial charge in [-0.05, 0) is 19.1 Å². The highest BCUT2D eigenvalue weighted by molar-refractivity contribution is 5.73. The molecule has 90 valence electrons. The molecule has 0 radical (unpaired) electrons. The Hall–Kier alpha value is -2.08. The highest BCUT2D eigenvalue weighted by Crippen LogP contribution is 2.21. The molecule has 0 fully saturated rings. The number of nitrogens with zero attached hydrogens (tertiary/aromatic N) is 1. The van der Waals surface area contributed by atoms with Crippen LogP contribution in [-0.2, 0) is 11.2 Å². The molecule has 2 aromatic heterocycles. The van der Waals surface area contributed by atoms with Crippen LogP contribution in [0.4, 0.5) is 0 Å². The van der Waals surface area contributed by atoms with Gasteiger partial charge in [-0.15, -0.1) is 0 Å². The maximum absolute atomic E-state index is 10.6. The third-order valence-corrected chi connectivity index (χ3v) is 2.42. The summed E-state index contributed by atoms with van der Waals surface area (Å²) in [5, 5.41) is 8.72. The van der Waals surface area contributed by atoms with E-state index in [9.17, 15) is 4.79 Å². The number of imidazole rings is 1. The predicted octanol–water partition coefficient (Wildman–Crippen LogP) is 0.933. The number of aliphatic carboxylic acids is 1. The molecular weight excluding hydrogens is 222 g/mol. The Bertz CT molecular complexity index is 516. The Balaban J connectivity index is 2.22. The van der Waals surface area contributed by atoms with Crippen LogP contribution in [0.3, 0.4) is 0 Å². The van der Waals surface area contributed by atoms with Gasteiger partial charge in [0.25, 0.3) is 0 Å². The second kappa shape index (κ2) is 4.42. The van der Waals surface area contributed by atoms with Crippen molar-refractivity contribution in [2.24, 2.45) is 5.73 Å². The highest BCUT2D eigenvalue weighted by Gasteiger charge is 2.17. The van der Waals surface area contributed by atoms with Crippen LogP contribution in [0.1, 0.15) is 11.5 Å². The van der Waals surface area contributed by atoms with Gasteiger partial charge in [0, 0.05) is 12.1 Å². The second-order valence-corrected chi connectivity index (χ2v) is 3.78. The number of nitrogens with one attached hydrogen (secondary N) is 1. The first-order chi connectivity index (χ1) is 8.08. The fourth-order valence-corrected chi connectivity index (χ4v) is 1.57. The van der Waals surface area contributed by atoms with E-state index in [0.717, 1.165) is 5.69 Å². The Morgan fingerprint density at radius 1 is 1.71 bits per heavy atom. The number of rotatable bonds is 4. The number of nitrogens with two attached hydrogens (primary N) is 1. The average molecular weight is 235 g/mol. The monoisotopic (exact) mass is 235 g/mol. The van der Waals surface area contributed by atoms with Gasteiger partial charge >= 0.3 is 5.97 Å². The molecule has 0 aromatic carbocycles. The number of carbonyl (C=O) groups is 1. The van der Waals surface area contributed by atoms with E-state index in [2.05, 4.69) is 9.97 Å². The van der Waals surface area contributed by atoms with Crippen molar-refractivity contribution in [3.63, 3.8) is 0 Å². The molecule has 0 bridgehead atoms. The molecule has 17 heavy (non-hydrogen) atoms. The number of H-pyrrole nitrogens is 1. The molecule has 2 aromatic rings. The van der Waals surface area contributed by atoms with E-state index in [1.165, 1.54) is 0 Å². The molecule has 0 aliphatic carbocycles. The zero-order valence-electron chi connectivity index (χ0n) is 9.30. The standard InChI is InChI=1S/C11H13N3O3/c1-6-10(8-3-2-4-17-8)14-9(13-6)5-7(12)11(15)16/h2-4,7H,5,12H2,1H3,(H,13,14)(H,15,16). The normalized spacial score (nSPS) is 12.6. The van der Waals surface area contributed by atoms with E-state index in [1.807, 2.05) is 6.92 Å². The van der Waals surface area contributed by atoms with E-state index >= 15 is 0 Å². The number of carboxylic acid groups (broad SMARTS) is 1. The summed E-state index contributed by atoms with van der Waals surface area (Å²) >= 11 is 0. The summed E-state index contributed by atoms with van der Waals surface area (Å²) in [5.74, 6) is 0.149. The summed E-state index contributed by atoms with van der Waals surface area (Å²) in [7, 11) is 0. The minimum absolute atomic E-state index is 0.164. The van der Waals surface area contributed by atoms with E-state index in [4.69, 9.17) is 15.3 Å². The molecule has 2 heterocycles. The smallest absolute Gasteiger partial charge is 0.320 e. The van der Waals surface area contributed by atoms with Crippen molar-refractivity contribution in [2.75, 3.05) is 0 Å². The summed E-state index contributed by atoms with van der Waals surface area (Å²) in [6.07, 6.45) is 1.73. The number of carboxylic acids is 1. The van der Waals surface area contributed by atoms with Crippen molar-refractivity contribution in [1.82, 2.24) is 9.97 Å². The Morgan fingerprint density at radius 2 is 2.47 bits per heavy atom. The van der Waals surface area contributed by atoms with Gasteiger partial charge < -0.3 is 20.2 Å². The van der Waals surface area contributed by atoms with E-state index in [-0.39, 0.29) is 6.42 Å². The molecule has 6 heteroatoms. The van der Waals surface area contributed by atoms with Crippen molar-refractivity contribution < 1.29 is 14.3 Å². The van der Waals surface area contributed by atoms with E-state index < -0.39 is 12.0 Å². The first-order valence-corrected chi connectivity index (χ1v) is 5.15. The van der Waals surface area contributed by atoms with Gasteiger partial charge in [-0.1, -0.05) is 0 Å². The number of furan rings is 1. The maximum atomic E-state index is 10.6. The van der Waals surface area contributed by atoms with Crippen LogP contribution < -0.4 is 5.73 Å². The molecule has 4 N–H and O–H groups in total. The number of aryl methyl sites for hydroxylation is 1. The Morgan fingerprint density at radius 3 is 3.06 bits per heavy atom. The van der Waals surface area contributed by atoms with Gasteiger partial charge in [-0.25, -0.2) is 4.98 Å². The fraction of sp³-hybridized carbons (Fsp3) is 0.273. The summed E-state index contributed by atoms with van der Waals surface area (Å²) in [6.45, 7) is 1.85. The van der Waals surface area contributed by atoms with Crippen LogP contribution in [0, 0.1) is 6.92 Å². The topological polar surface area (TPSA) is 105 Å². The largest absolute Gasteiger partial charge is 0.480 e. The average Bonchev–Trinajstić information content (AvgIpc) is 2.87. The number of hydrogen-bond donors (Lipinski definition) is 3. The van der Waals surface area contributed by atoms with Crippen molar-refractivity contribution >= 4 is 5.97 Å². The van der Waals surface area contributed by atoms with Gasteiger partial charge in [0.2, 0.25) is 0 Å². The minimum Gasteiger partial charge on any atom is -0.480 e. The number of hydrogen-bond acceptors (Lipinski definition) is 4. The lowest BCUT2D eigenvalue weighted by Gasteiger charge is -2.02. The molecule has 1 atom stereocenters. The molecular formula is C11H13N3O3.